The number of fused-ring (bicyclic) bond motifs is 1. The number of aromatic nitrogens is 1. The first kappa shape index (κ1) is 20.6. The molecule has 0 aliphatic carbocycles. The number of amidine groups is 1. The smallest absolute Gasteiger partial charge is 0.251 e. The normalized spacial score (nSPS) is 10.3. The number of nitrogens with two attached hydrogens (primary N) is 1. The second-order valence-electron chi connectivity index (χ2n) is 5.43. The average Bonchev–Trinajstić information content (AvgIpc) is 2.93. The molecule has 3 aromatic rings. The molecule has 4 N–H and O–H groups in total. The summed E-state index contributed by atoms with van der Waals surface area (Å²) in [5, 5.41) is 12.1. The lowest BCUT2D eigenvalue weighted by Gasteiger charge is -2.07. The Morgan fingerprint density at radius 1 is 1.19 bits per heavy atom. The number of halogens is 2. The highest BCUT2D eigenvalue weighted by molar-refractivity contribution is 14.0. The van der Waals surface area contributed by atoms with Gasteiger partial charge in [0, 0.05) is 45.7 Å². The summed E-state index contributed by atoms with van der Waals surface area (Å²) in [6.07, 6.45) is 1.96. The number of thioether (sulfide) groups is 1. The standard InChI is InChI=1S/C18H17ClN4OS.HI/c19-13-7-5-12(6-8-13)17(24)22-9-10-23-11-16(25-18(20)21)14-3-1-2-4-15(14)23;/h1-8,11H,9-10H2,(H3,20,21)(H,22,24);1H. The SMILES string of the molecule is I.N=C(N)Sc1cn(CCNC(=O)c2ccc(Cl)cc2)c2ccccc12. The molecule has 0 saturated carbocycles. The average molecular weight is 501 g/mol. The topological polar surface area (TPSA) is 83.9 Å². The first-order chi connectivity index (χ1) is 12.0. The van der Waals surface area contributed by atoms with Gasteiger partial charge in [0.15, 0.2) is 5.17 Å². The van der Waals surface area contributed by atoms with E-state index in [2.05, 4.69) is 9.88 Å². The summed E-state index contributed by atoms with van der Waals surface area (Å²) in [4.78, 5) is 13.1. The van der Waals surface area contributed by atoms with Gasteiger partial charge in [-0.2, -0.15) is 0 Å². The summed E-state index contributed by atoms with van der Waals surface area (Å²) < 4.78 is 2.06. The van der Waals surface area contributed by atoms with Crippen LogP contribution in [0.2, 0.25) is 5.02 Å². The number of carbonyl (C=O) groups excluding carboxylic acids is 1. The van der Waals surface area contributed by atoms with Gasteiger partial charge in [-0.15, -0.1) is 24.0 Å². The molecule has 0 unspecified atom stereocenters. The lowest BCUT2D eigenvalue weighted by atomic mass is 10.2. The lowest BCUT2D eigenvalue weighted by molar-refractivity contribution is 0.0952. The van der Waals surface area contributed by atoms with Gasteiger partial charge in [-0.1, -0.05) is 41.6 Å². The van der Waals surface area contributed by atoms with E-state index in [-0.39, 0.29) is 35.1 Å². The van der Waals surface area contributed by atoms with Crippen molar-refractivity contribution in [3.05, 3.63) is 65.3 Å². The van der Waals surface area contributed by atoms with Crippen LogP contribution in [0.25, 0.3) is 10.9 Å². The van der Waals surface area contributed by atoms with Gasteiger partial charge >= 0.3 is 0 Å². The van der Waals surface area contributed by atoms with Crippen LogP contribution in [0.5, 0.6) is 0 Å². The molecular formula is C18H18ClIN4OS. The van der Waals surface area contributed by atoms with E-state index in [4.69, 9.17) is 22.7 Å². The van der Waals surface area contributed by atoms with Crippen molar-refractivity contribution in [2.75, 3.05) is 6.54 Å². The predicted molar refractivity (Wildman–Crippen MR) is 119 cm³/mol. The highest BCUT2D eigenvalue weighted by Gasteiger charge is 2.10. The summed E-state index contributed by atoms with van der Waals surface area (Å²) >= 11 is 7.06. The second kappa shape index (κ2) is 9.29. The van der Waals surface area contributed by atoms with Crippen LogP contribution in [0.4, 0.5) is 0 Å². The summed E-state index contributed by atoms with van der Waals surface area (Å²) in [6.45, 7) is 1.11. The monoisotopic (exact) mass is 500 g/mol. The number of nitrogens with zero attached hydrogens (tertiary/aromatic N) is 1. The molecule has 0 aliphatic rings. The summed E-state index contributed by atoms with van der Waals surface area (Å²) in [5.41, 5.74) is 7.14. The molecule has 0 spiro atoms. The Labute approximate surface area is 177 Å². The van der Waals surface area contributed by atoms with Crippen molar-refractivity contribution >= 4 is 69.3 Å². The van der Waals surface area contributed by atoms with Crippen molar-refractivity contribution in [1.29, 1.82) is 5.41 Å². The molecule has 0 bridgehead atoms. The van der Waals surface area contributed by atoms with Crippen molar-refractivity contribution in [3.63, 3.8) is 0 Å². The number of nitrogens with one attached hydrogen (secondary N) is 2. The number of rotatable bonds is 5. The molecule has 2 aromatic carbocycles. The summed E-state index contributed by atoms with van der Waals surface area (Å²) in [6, 6.07) is 14.7. The summed E-state index contributed by atoms with van der Waals surface area (Å²) in [7, 11) is 0. The van der Waals surface area contributed by atoms with Crippen molar-refractivity contribution < 1.29 is 4.79 Å². The maximum Gasteiger partial charge on any atom is 0.251 e. The van der Waals surface area contributed by atoms with Crippen molar-refractivity contribution in [3.8, 4) is 0 Å². The molecule has 136 valence electrons. The van der Waals surface area contributed by atoms with Gasteiger partial charge in [-0.25, -0.2) is 0 Å². The molecule has 0 radical (unpaired) electrons. The van der Waals surface area contributed by atoms with E-state index in [1.807, 2.05) is 30.5 Å². The first-order valence-electron chi connectivity index (χ1n) is 7.68. The number of hydrogen-bond acceptors (Lipinski definition) is 3. The van der Waals surface area contributed by atoms with E-state index < -0.39 is 0 Å². The van der Waals surface area contributed by atoms with Crippen LogP contribution in [0.1, 0.15) is 10.4 Å². The van der Waals surface area contributed by atoms with E-state index in [1.54, 1.807) is 24.3 Å². The third-order valence-electron chi connectivity index (χ3n) is 3.72. The fraction of sp³-hybridized carbons (Fsp3) is 0.111. The van der Waals surface area contributed by atoms with Gasteiger partial charge < -0.3 is 15.6 Å². The van der Waals surface area contributed by atoms with E-state index in [0.29, 0.717) is 23.7 Å². The Morgan fingerprint density at radius 3 is 2.58 bits per heavy atom. The Kier molecular flexibility index (Phi) is 7.36. The van der Waals surface area contributed by atoms with Crippen molar-refractivity contribution in [1.82, 2.24) is 9.88 Å². The molecule has 3 rings (SSSR count). The molecule has 5 nitrogen and oxygen atoms in total. The predicted octanol–water partition coefficient (Wildman–Crippen LogP) is 4.33. The molecular weight excluding hydrogens is 483 g/mol. The first-order valence-corrected chi connectivity index (χ1v) is 8.87. The molecule has 0 saturated heterocycles. The molecule has 1 heterocycles. The van der Waals surface area contributed by atoms with Crippen LogP contribution in [-0.4, -0.2) is 22.2 Å². The number of para-hydroxylation sites is 1. The minimum absolute atomic E-state index is 0. The number of amides is 1. The van der Waals surface area contributed by atoms with Gasteiger partial charge in [0.2, 0.25) is 0 Å². The number of hydrogen-bond donors (Lipinski definition) is 3. The fourth-order valence-electron chi connectivity index (χ4n) is 2.59. The Morgan fingerprint density at radius 2 is 1.88 bits per heavy atom. The number of carbonyl (C=O) groups is 1. The van der Waals surface area contributed by atoms with Gasteiger partial charge in [-0.05, 0) is 30.3 Å². The maximum absolute atomic E-state index is 12.1. The van der Waals surface area contributed by atoms with E-state index in [9.17, 15) is 4.79 Å². The lowest BCUT2D eigenvalue weighted by Crippen LogP contribution is -2.27. The van der Waals surface area contributed by atoms with Crippen LogP contribution in [-0.2, 0) is 6.54 Å². The summed E-state index contributed by atoms with van der Waals surface area (Å²) in [5.74, 6) is -0.133. The number of benzene rings is 2. The van der Waals surface area contributed by atoms with Crippen LogP contribution < -0.4 is 11.1 Å². The molecule has 0 aliphatic heterocycles. The zero-order chi connectivity index (χ0) is 17.8. The molecule has 1 aromatic heterocycles. The molecule has 26 heavy (non-hydrogen) atoms. The van der Waals surface area contributed by atoms with Gasteiger partial charge in [0.1, 0.15) is 0 Å². The van der Waals surface area contributed by atoms with Gasteiger partial charge in [0.05, 0.1) is 0 Å². The quantitative estimate of drug-likeness (QED) is 0.211. The Balaban J connectivity index is 0.00000243. The maximum atomic E-state index is 12.1. The van der Waals surface area contributed by atoms with Crippen LogP contribution in [0.3, 0.4) is 0 Å². The zero-order valence-electron chi connectivity index (χ0n) is 13.7. The van der Waals surface area contributed by atoms with Crippen LogP contribution >= 0.6 is 47.3 Å². The minimum Gasteiger partial charge on any atom is -0.378 e. The molecule has 1 amide bonds. The minimum atomic E-state index is -0.133. The van der Waals surface area contributed by atoms with Crippen molar-refractivity contribution in [2.24, 2.45) is 5.73 Å². The van der Waals surface area contributed by atoms with Gasteiger partial charge in [0.25, 0.3) is 5.91 Å². The zero-order valence-corrected chi connectivity index (χ0v) is 17.6. The Hall–Kier alpha value is -1.71. The van der Waals surface area contributed by atoms with Crippen LogP contribution in [0.15, 0.2) is 59.6 Å². The van der Waals surface area contributed by atoms with Crippen molar-refractivity contribution in [2.45, 2.75) is 11.4 Å². The highest BCUT2D eigenvalue weighted by Crippen LogP contribution is 2.29. The third kappa shape index (κ3) is 4.93. The molecule has 8 heteroatoms. The van der Waals surface area contributed by atoms with Gasteiger partial charge in [-0.3, -0.25) is 10.2 Å². The highest BCUT2D eigenvalue weighted by atomic mass is 127. The van der Waals surface area contributed by atoms with Crippen LogP contribution in [0, 0.1) is 5.41 Å². The van der Waals surface area contributed by atoms with E-state index in [1.165, 1.54) is 11.8 Å². The molecule has 0 atom stereocenters. The molecule has 0 fully saturated rings. The fourth-order valence-corrected chi connectivity index (χ4v) is 3.42. The van der Waals surface area contributed by atoms with E-state index in [0.717, 1.165) is 15.8 Å². The third-order valence-corrected chi connectivity index (χ3v) is 4.73. The van der Waals surface area contributed by atoms with E-state index >= 15 is 0 Å². The Bertz CT molecular complexity index is 927. The second-order valence-corrected chi connectivity index (χ2v) is 6.95. The largest absolute Gasteiger partial charge is 0.378 e.